The Morgan fingerprint density at radius 2 is 1.81 bits per heavy atom. The summed E-state index contributed by atoms with van der Waals surface area (Å²) < 4.78 is 56.8. The highest BCUT2D eigenvalue weighted by molar-refractivity contribution is 7.86. The molecule has 26 heavy (non-hydrogen) atoms. The molecule has 0 spiro atoms. The SMILES string of the molecule is [B]C1CC(OCP(=O)(OC)OC)C(O)C1OS(=O)(=O)c1ccc(C)cc1. The fraction of sp³-hybridized carbons (Fsp3) is 0.600. The van der Waals surface area contributed by atoms with Gasteiger partial charge in [0.1, 0.15) is 18.6 Å². The number of aliphatic hydroxyl groups is 1. The van der Waals surface area contributed by atoms with Crippen molar-refractivity contribution < 1.29 is 36.1 Å². The van der Waals surface area contributed by atoms with Crippen LogP contribution < -0.4 is 0 Å². The van der Waals surface area contributed by atoms with Crippen LogP contribution in [0.3, 0.4) is 0 Å². The molecule has 144 valence electrons. The molecule has 11 heteroatoms. The summed E-state index contributed by atoms with van der Waals surface area (Å²) in [6, 6.07) is 6.11. The van der Waals surface area contributed by atoms with Gasteiger partial charge in [-0.25, -0.2) is 0 Å². The molecular formula is C15H22BO8PS. The molecule has 8 nitrogen and oxygen atoms in total. The minimum absolute atomic E-state index is 0.0323. The predicted octanol–water partition coefficient (Wildman–Crippen LogP) is 1.62. The molecule has 0 aromatic heterocycles. The van der Waals surface area contributed by atoms with Gasteiger partial charge >= 0.3 is 7.60 Å². The van der Waals surface area contributed by atoms with Crippen LogP contribution in [0.1, 0.15) is 12.0 Å². The Morgan fingerprint density at radius 1 is 1.23 bits per heavy atom. The standard InChI is InChI=1S/C15H22BO8PS/c1-10-4-6-11(7-5-10)26(19,20)24-15-12(16)8-13(14(15)17)23-9-25(18,21-2)22-3/h4-7,12-15,17H,8-9H2,1-3H3. The summed E-state index contributed by atoms with van der Waals surface area (Å²) in [6.45, 7) is 1.83. The van der Waals surface area contributed by atoms with Gasteiger partial charge in [0, 0.05) is 14.2 Å². The van der Waals surface area contributed by atoms with E-state index in [4.69, 9.17) is 25.8 Å². The molecule has 1 fully saturated rings. The second-order valence-corrected chi connectivity index (χ2v) is 9.81. The molecule has 2 rings (SSSR count). The Morgan fingerprint density at radius 3 is 2.35 bits per heavy atom. The number of ether oxygens (including phenoxy) is 1. The van der Waals surface area contributed by atoms with Crippen LogP contribution in [-0.2, 0) is 32.7 Å². The smallest absolute Gasteiger partial charge is 0.355 e. The highest BCUT2D eigenvalue weighted by Gasteiger charge is 2.44. The topological polar surface area (TPSA) is 108 Å². The molecule has 0 aliphatic heterocycles. The number of rotatable bonds is 8. The van der Waals surface area contributed by atoms with Crippen LogP contribution in [0.15, 0.2) is 29.2 Å². The normalized spacial score (nSPS) is 26.9. The molecule has 0 amide bonds. The van der Waals surface area contributed by atoms with E-state index in [0.29, 0.717) is 0 Å². The van der Waals surface area contributed by atoms with E-state index in [2.05, 4.69) is 0 Å². The van der Waals surface area contributed by atoms with E-state index in [0.717, 1.165) is 5.56 Å². The van der Waals surface area contributed by atoms with Crippen LogP contribution in [0.25, 0.3) is 0 Å². The van der Waals surface area contributed by atoms with Gasteiger partial charge in [0.15, 0.2) is 0 Å². The molecule has 1 aliphatic carbocycles. The summed E-state index contributed by atoms with van der Waals surface area (Å²) in [5, 5.41) is 10.3. The monoisotopic (exact) mass is 404 g/mol. The zero-order valence-corrected chi connectivity index (χ0v) is 16.5. The lowest BCUT2D eigenvalue weighted by Gasteiger charge is -2.22. The molecule has 2 radical (unpaired) electrons. The van der Waals surface area contributed by atoms with Crippen LogP contribution in [0, 0.1) is 6.92 Å². The Balaban J connectivity index is 2.06. The number of aryl methyl sites for hydroxylation is 1. The van der Waals surface area contributed by atoms with Crippen molar-refractivity contribution in [3.63, 3.8) is 0 Å². The van der Waals surface area contributed by atoms with Crippen molar-refractivity contribution in [2.45, 2.75) is 42.4 Å². The van der Waals surface area contributed by atoms with Gasteiger partial charge in [-0.05, 0) is 31.3 Å². The number of aliphatic hydroxyl groups excluding tert-OH is 1. The first-order valence-corrected chi connectivity index (χ1v) is 11.0. The molecule has 1 saturated carbocycles. The molecule has 1 N–H and O–H groups in total. The maximum absolute atomic E-state index is 12.4. The zero-order chi connectivity index (χ0) is 19.5. The highest BCUT2D eigenvalue weighted by Crippen LogP contribution is 2.47. The molecule has 1 aliphatic rings. The fourth-order valence-corrected chi connectivity index (χ4v) is 4.44. The van der Waals surface area contributed by atoms with Crippen molar-refractivity contribution in [3.8, 4) is 0 Å². The summed E-state index contributed by atoms with van der Waals surface area (Å²) in [4.78, 5) is -0.0323. The Bertz CT molecular complexity index is 745. The zero-order valence-electron chi connectivity index (χ0n) is 14.8. The Kier molecular flexibility index (Phi) is 7.07. The van der Waals surface area contributed by atoms with Crippen molar-refractivity contribution in [2.24, 2.45) is 0 Å². The second kappa shape index (κ2) is 8.52. The first kappa shape index (κ1) is 21.6. The van der Waals surface area contributed by atoms with Crippen LogP contribution >= 0.6 is 7.60 Å². The third-order valence-electron chi connectivity index (χ3n) is 4.19. The third kappa shape index (κ3) is 4.95. The van der Waals surface area contributed by atoms with E-state index in [1.165, 1.54) is 26.4 Å². The van der Waals surface area contributed by atoms with Gasteiger partial charge in [-0.1, -0.05) is 17.7 Å². The molecule has 4 atom stereocenters. The average molecular weight is 404 g/mol. The third-order valence-corrected chi connectivity index (χ3v) is 7.10. The molecule has 1 aromatic rings. The second-order valence-electron chi connectivity index (χ2n) is 6.03. The molecular weight excluding hydrogens is 382 g/mol. The quantitative estimate of drug-likeness (QED) is 0.396. The van der Waals surface area contributed by atoms with E-state index < -0.39 is 48.2 Å². The largest absolute Gasteiger partial charge is 0.388 e. The van der Waals surface area contributed by atoms with Crippen LogP contribution in [0.5, 0.6) is 0 Å². The van der Waals surface area contributed by atoms with Crippen LogP contribution in [0.4, 0.5) is 0 Å². The highest BCUT2D eigenvalue weighted by atomic mass is 32.2. The van der Waals surface area contributed by atoms with Crippen molar-refractivity contribution in [1.29, 1.82) is 0 Å². The first-order chi connectivity index (χ1) is 12.1. The average Bonchev–Trinajstić information content (AvgIpc) is 2.87. The van der Waals surface area contributed by atoms with Gasteiger partial charge in [-0.3, -0.25) is 8.75 Å². The van der Waals surface area contributed by atoms with Crippen molar-refractivity contribution in [2.75, 3.05) is 20.6 Å². The summed E-state index contributed by atoms with van der Waals surface area (Å²) >= 11 is 0. The lowest BCUT2D eigenvalue weighted by atomic mass is 9.84. The number of benzene rings is 1. The van der Waals surface area contributed by atoms with E-state index in [1.54, 1.807) is 12.1 Å². The number of hydrogen-bond acceptors (Lipinski definition) is 8. The Labute approximate surface area is 154 Å². The summed E-state index contributed by atoms with van der Waals surface area (Å²) in [7, 11) is 0.810. The summed E-state index contributed by atoms with van der Waals surface area (Å²) in [6.07, 6.45) is -3.63. The van der Waals surface area contributed by atoms with Gasteiger partial charge in [0.2, 0.25) is 0 Å². The molecule has 0 bridgehead atoms. The van der Waals surface area contributed by atoms with Crippen molar-refractivity contribution in [1.82, 2.24) is 0 Å². The number of hydrogen-bond donors (Lipinski definition) is 1. The summed E-state index contributed by atoms with van der Waals surface area (Å²) in [5.41, 5.74) is 0.899. The van der Waals surface area contributed by atoms with E-state index in [-0.39, 0.29) is 11.3 Å². The fourth-order valence-electron chi connectivity index (χ4n) is 2.58. The van der Waals surface area contributed by atoms with Gasteiger partial charge < -0.3 is 18.9 Å². The van der Waals surface area contributed by atoms with E-state index in [9.17, 15) is 18.1 Å². The van der Waals surface area contributed by atoms with Gasteiger partial charge in [-0.15, -0.1) is 0 Å². The van der Waals surface area contributed by atoms with Crippen LogP contribution in [-0.4, -0.2) is 60.3 Å². The first-order valence-electron chi connectivity index (χ1n) is 7.87. The maximum atomic E-state index is 12.4. The van der Waals surface area contributed by atoms with Gasteiger partial charge in [-0.2, -0.15) is 8.42 Å². The summed E-state index contributed by atoms with van der Waals surface area (Å²) in [5.74, 6) is -0.778. The van der Waals surface area contributed by atoms with E-state index in [1.807, 2.05) is 6.92 Å². The van der Waals surface area contributed by atoms with Crippen LogP contribution in [0.2, 0.25) is 5.82 Å². The lowest BCUT2D eigenvalue weighted by Crippen LogP contribution is -2.35. The van der Waals surface area contributed by atoms with Gasteiger partial charge in [0.05, 0.1) is 18.8 Å². The van der Waals surface area contributed by atoms with Gasteiger partial charge in [0.25, 0.3) is 10.1 Å². The molecule has 1 aromatic carbocycles. The molecule has 0 saturated heterocycles. The maximum Gasteiger partial charge on any atom is 0.355 e. The molecule has 4 unspecified atom stereocenters. The van der Waals surface area contributed by atoms with E-state index >= 15 is 0 Å². The Hall–Kier alpha value is -0.735. The van der Waals surface area contributed by atoms with Crippen molar-refractivity contribution in [3.05, 3.63) is 29.8 Å². The predicted molar refractivity (Wildman–Crippen MR) is 94.7 cm³/mol. The van der Waals surface area contributed by atoms with Crippen molar-refractivity contribution >= 4 is 25.6 Å². The molecule has 0 heterocycles. The minimum Gasteiger partial charge on any atom is -0.388 e. The minimum atomic E-state index is -4.10. The lowest BCUT2D eigenvalue weighted by molar-refractivity contribution is -0.0375.